The fourth-order valence-corrected chi connectivity index (χ4v) is 6.73. The van der Waals surface area contributed by atoms with Crippen LogP contribution >= 0.6 is 0 Å². The second kappa shape index (κ2) is 4.61. The van der Waals surface area contributed by atoms with E-state index in [1.54, 1.807) is 16.7 Å². The maximum atomic E-state index is 2.47. The molecule has 4 aliphatic rings. The molecule has 0 aromatic heterocycles. The van der Waals surface area contributed by atoms with Gasteiger partial charge in [0.15, 0.2) is 0 Å². The third-order valence-electron chi connectivity index (χ3n) is 7.69. The Morgan fingerprint density at radius 3 is 1.62 bits per heavy atom. The van der Waals surface area contributed by atoms with E-state index in [1.807, 2.05) is 0 Å². The van der Waals surface area contributed by atoms with Gasteiger partial charge >= 0.3 is 0 Å². The summed E-state index contributed by atoms with van der Waals surface area (Å²) in [5.74, 6) is 5.97. The molecule has 6 atom stereocenters. The van der Waals surface area contributed by atoms with E-state index in [2.05, 4.69) is 25.1 Å². The lowest BCUT2D eigenvalue weighted by Crippen LogP contribution is -2.14. The minimum Gasteiger partial charge on any atom is -0.0617 e. The van der Waals surface area contributed by atoms with Crippen molar-refractivity contribution in [3.8, 4) is 0 Å². The van der Waals surface area contributed by atoms with Gasteiger partial charge in [0.25, 0.3) is 0 Å². The molecule has 21 heavy (non-hydrogen) atoms. The molecule has 6 unspecified atom stereocenters. The number of fused-ring (bicyclic) bond motifs is 4. The van der Waals surface area contributed by atoms with Gasteiger partial charge in [-0.2, -0.15) is 0 Å². The van der Waals surface area contributed by atoms with E-state index >= 15 is 0 Å². The Balaban J connectivity index is 1.49. The van der Waals surface area contributed by atoms with Crippen LogP contribution in [-0.2, 0) is 0 Å². The quantitative estimate of drug-likeness (QED) is 0.642. The minimum atomic E-state index is 0.905. The minimum absolute atomic E-state index is 0.905. The van der Waals surface area contributed by atoms with Crippen molar-refractivity contribution in [1.82, 2.24) is 0 Å². The summed E-state index contributed by atoms with van der Waals surface area (Å²) >= 11 is 0. The van der Waals surface area contributed by atoms with E-state index in [1.165, 1.54) is 51.4 Å². The first kappa shape index (κ1) is 12.7. The largest absolute Gasteiger partial charge is 0.0617 e. The molecule has 0 aliphatic heterocycles. The fraction of sp³-hybridized carbons (Fsp3) is 0.714. The monoisotopic (exact) mass is 280 g/mol. The maximum Gasteiger partial charge on any atom is -0.0128 e. The SMILES string of the molecule is Cc1c(C2CC3CCC2C3)cccc1C1CC2CCC1C2. The summed E-state index contributed by atoms with van der Waals surface area (Å²) in [7, 11) is 0. The van der Waals surface area contributed by atoms with Gasteiger partial charge in [-0.15, -0.1) is 0 Å². The van der Waals surface area contributed by atoms with Crippen molar-refractivity contribution < 1.29 is 0 Å². The Bertz CT molecular complexity index is 511. The van der Waals surface area contributed by atoms with Crippen LogP contribution in [0.1, 0.15) is 79.9 Å². The third kappa shape index (κ3) is 1.87. The van der Waals surface area contributed by atoms with Gasteiger partial charge < -0.3 is 0 Å². The molecule has 0 amide bonds. The van der Waals surface area contributed by atoms with E-state index in [4.69, 9.17) is 0 Å². The van der Waals surface area contributed by atoms with Crippen molar-refractivity contribution in [2.75, 3.05) is 0 Å². The lowest BCUT2D eigenvalue weighted by atomic mass is 9.76. The van der Waals surface area contributed by atoms with Crippen molar-refractivity contribution in [3.63, 3.8) is 0 Å². The molecule has 1 aromatic rings. The molecule has 0 nitrogen and oxygen atoms in total. The summed E-state index contributed by atoms with van der Waals surface area (Å²) in [6, 6.07) is 7.32. The second-order valence-electron chi connectivity index (χ2n) is 8.62. The lowest BCUT2D eigenvalue weighted by Gasteiger charge is -2.28. The van der Waals surface area contributed by atoms with Crippen molar-refractivity contribution in [2.45, 2.75) is 70.1 Å². The summed E-state index contributed by atoms with van der Waals surface area (Å²) in [6.07, 6.45) is 12.1. The van der Waals surface area contributed by atoms with E-state index < -0.39 is 0 Å². The highest BCUT2D eigenvalue weighted by Gasteiger charge is 2.43. The first-order valence-electron chi connectivity index (χ1n) is 9.39. The Morgan fingerprint density at radius 1 is 0.714 bits per heavy atom. The molecule has 112 valence electrons. The lowest BCUT2D eigenvalue weighted by molar-refractivity contribution is 0.409. The van der Waals surface area contributed by atoms with Gasteiger partial charge in [-0.1, -0.05) is 31.0 Å². The topological polar surface area (TPSA) is 0 Å². The van der Waals surface area contributed by atoms with E-state index in [9.17, 15) is 0 Å². The second-order valence-corrected chi connectivity index (χ2v) is 8.62. The molecule has 0 spiro atoms. The van der Waals surface area contributed by atoms with Crippen LogP contribution < -0.4 is 0 Å². The molecule has 0 radical (unpaired) electrons. The standard InChI is InChI=1S/C21H28/c1-13-18(20-11-14-5-7-16(20)9-14)3-2-4-19(13)21-12-15-6-8-17(21)10-15/h2-4,14-17,20-21H,5-12H2,1H3. The average molecular weight is 280 g/mol. The maximum absolute atomic E-state index is 2.47. The van der Waals surface area contributed by atoms with Gasteiger partial charge in [0, 0.05) is 0 Å². The van der Waals surface area contributed by atoms with Gasteiger partial charge in [-0.05, 0) is 97.6 Å². The van der Waals surface area contributed by atoms with Crippen LogP contribution in [-0.4, -0.2) is 0 Å². The van der Waals surface area contributed by atoms with Crippen molar-refractivity contribution in [1.29, 1.82) is 0 Å². The van der Waals surface area contributed by atoms with Crippen LogP contribution in [0.2, 0.25) is 0 Å². The normalized spacial score (nSPS) is 43.9. The average Bonchev–Trinajstić information content (AvgIpc) is 3.27. The summed E-state index contributed by atoms with van der Waals surface area (Å²) in [6.45, 7) is 2.45. The van der Waals surface area contributed by atoms with Crippen molar-refractivity contribution in [3.05, 3.63) is 34.9 Å². The molecule has 0 N–H and O–H groups in total. The molecular formula is C21H28. The van der Waals surface area contributed by atoms with Gasteiger partial charge in [0.2, 0.25) is 0 Å². The van der Waals surface area contributed by atoms with E-state index in [-0.39, 0.29) is 0 Å². The Labute approximate surface area is 129 Å². The van der Waals surface area contributed by atoms with Crippen molar-refractivity contribution >= 4 is 0 Å². The molecule has 4 fully saturated rings. The zero-order chi connectivity index (χ0) is 14.0. The van der Waals surface area contributed by atoms with Crippen molar-refractivity contribution in [2.24, 2.45) is 23.7 Å². The molecule has 0 heteroatoms. The smallest absolute Gasteiger partial charge is 0.0128 e. The number of hydrogen-bond acceptors (Lipinski definition) is 0. The molecule has 1 aromatic carbocycles. The Morgan fingerprint density at radius 2 is 1.24 bits per heavy atom. The van der Waals surface area contributed by atoms with Crippen LogP contribution in [0.15, 0.2) is 18.2 Å². The molecular weight excluding hydrogens is 252 g/mol. The van der Waals surface area contributed by atoms with Gasteiger partial charge in [0.1, 0.15) is 0 Å². The van der Waals surface area contributed by atoms with Gasteiger partial charge in [-0.25, -0.2) is 0 Å². The van der Waals surface area contributed by atoms with Gasteiger partial charge in [0.05, 0.1) is 0 Å². The summed E-state index contributed by atoms with van der Waals surface area (Å²) in [5, 5.41) is 0. The summed E-state index contributed by atoms with van der Waals surface area (Å²) in [5.41, 5.74) is 5.16. The van der Waals surface area contributed by atoms with Crippen LogP contribution in [0, 0.1) is 30.6 Å². The molecule has 4 bridgehead atoms. The number of benzene rings is 1. The van der Waals surface area contributed by atoms with Crippen LogP contribution in [0.4, 0.5) is 0 Å². The third-order valence-corrected chi connectivity index (χ3v) is 7.69. The molecule has 0 saturated heterocycles. The van der Waals surface area contributed by atoms with E-state index in [0.29, 0.717) is 0 Å². The first-order chi connectivity index (χ1) is 10.3. The zero-order valence-electron chi connectivity index (χ0n) is 13.4. The molecule has 5 rings (SSSR count). The van der Waals surface area contributed by atoms with E-state index in [0.717, 1.165) is 35.5 Å². The zero-order valence-corrected chi connectivity index (χ0v) is 13.4. The predicted octanol–water partition coefficient (Wildman–Crippen LogP) is 5.80. The molecule has 4 aliphatic carbocycles. The Kier molecular flexibility index (Phi) is 2.79. The number of hydrogen-bond donors (Lipinski definition) is 0. The van der Waals surface area contributed by atoms with Crippen LogP contribution in [0.3, 0.4) is 0 Å². The highest BCUT2D eigenvalue weighted by molar-refractivity contribution is 5.40. The first-order valence-corrected chi connectivity index (χ1v) is 9.39. The molecule has 4 saturated carbocycles. The highest BCUT2D eigenvalue weighted by atomic mass is 14.5. The van der Waals surface area contributed by atoms with Gasteiger partial charge in [-0.3, -0.25) is 0 Å². The van der Waals surface area contributed by atoms with Crippen LogP contribution in [0.25, 0.3) is 0 Å². The predicted molar refractivity (Wildman–Crippen MR) is 87.6 cm³/mol. The Hall–Kier alpha value is -0.780. The summed E-state index contributed by atoms with van der Waals surface area (Å²) < 4.78 is 0. The highest BCUT2D eigenvalue weighted by Crippen LogP contribution is 2.56. The molecule has 0 heterocycles. The summed E-state index contributed by atoms with van der Waals surface area (Å²) in [4.78, 5) is 0. The van der Waals surface area contributed by atoms with Crippen LogP contribution in [0.5, 0.6) is 0 Å². The number of rotatable bonds is 2. The fourth-order valence-electron chi connectivity index (χ4n) is 6.73.